The second kappa shape index (κ2) is 5.64. The average molecular weight is 342 g/mol. The lowest BCUT2D eigenvalue weighted by molar-refractivity contribution is -0.192. The van der Waals surface area contributed by atoms with Gasteiger partial charge in [-0.15, -0.1) is 0 Å². The van der Waals surface area contributed by atoms with Gasteiger partial charge < -0.3 is 20.7 Å². The molecular formula is C18H22N4O3. The summed E-state index contributed by atoms with van der Waals surface area (Å²) in [6.07, 6.45) is 2.44. The molecule has 1 heterocycles. The first-order valence-electron chi connectivity index (χ1n) is 8.60. The molecule has 2 saturated carbocycles. The molecule has 2 atom stereocenters. The SMILES string of the molecule is Cc1ccccc1-c1nc(CNC(=O)[C@@]2(N)C[C@H](O)C23CCC3)no1. The normalized spacial score (nSPS) is 26.8. The number of amides is 1. The van der Waals surface area contributed by atoms with Gasteiger partial charge in [-0.05, 0) is 31.4 Å². The van der Waals surface area contributed by atoms with Gasteiger partial charge in [-0.3, -0.25) is 4.79 Å². The molecule has 1 spiro atoms. The van der Waals surface area contributed by atoms with E-state index in [9.17, 15) is 9.90 Å². The summed E-state index contributed by atoms with van der Waals surface area (Å²) >= 11 is 0. The Morgan fingerprint density at radius 3 is 2.84 bits per heavy atom. The monoisotopic (exact) mass is 342 g/mol. The van der Waals surface area contributed by atoms with Crippen LogP contribution in [0, 0.1) is 12.3 Å². The Bertz CT molecular complexity index is 814. The number of benzene rings is 1. The van der Waals surface area contributed by atoms with E-state index < -0.39 is 17.1 Å². The quantitative estimate of drug-likeness (QED) is 0.771. The zero-order valence-corrected chi connectivity index (χ0v) is 14.2. The van der Waals surface area contributed by atoms with Crippen LogP contribution in [0.3, 0.4) is 0 Å². The third kappa shape index (κ3) is 2.30. The van der Waals surface area contributed by atoms with Gasteiger partial charge in [0.05, 0.1) is 12.6 Å². The lowest BCUT2D eigenvalue weighted by Crippen LogP contribution is -2.79. The number of aliphatic hydroxyl groups excluding tert-OH is 1. The lowest BCUT2D eigenvalue weighted by atomic mass is 9.44. The summed E-state index contributed by atoms with van der Waals surface area (Å²) in [5.74, 6) is 0.580. The van der Waals surface area contributed by atoms with Crippen molar-refractivity contribution in [1.82, 2.24) is 15.5 Å². The number of hydrogen-bond donors (Lipinski definition) is 3. The Hall–Kier alpha value is -2.25. The largest absolute Gasteiger partial charge is 0.392 e. The number of aliphatic hydroxyl groups is 1. The fraction of sp³-hybridized carbons (Fsp3) is 0.500. The maximum absolute atomic E-state index is 12.6. The molecule has 0 saturated heterocycles. The van der Waals surface area contributed by atoms with E-state index in [0.717, 1.165) is 30.4 Å². The molecule has 7 heteroatoms. The third-order valence-electron chi connectivity index (χ3n) is 5.94. The van der Waals surface area contributed by atoms with E-state index in [1.165, 1.54) is 0 Å². The van der Waals surface area contributed by atoms with Crippen LogP contribution in [0.1, 0.15) is 37.1 Å². The van der Waals surface area contributed by atoms with Crippen molar-refractivity contribution in [2.24, 2.45) is 11.1 Å². The smallest absolute Gasteiger partial charge is 0.258 e. The Morgan fingerprint density at radius 2 is 2.20 bits per heavy atom. The van der Waals surface area contributed by atoms with E-state index in [1.54, 1.807) is 0 Å². The molecular weight excluding hydrogens is 320 g/mol. The standard InChI is InChI=1S/C18H22N4O3/c1-11-5-2-3-6-12(11)15-21-14(22-25-15)10-20-16(24)18(19)9-13(23)17(18)7-4-8-17/h2-3,5-6,13,23H,4,7-10,19H2,1H3,(H,20,24)/t13-,18-/m0/s1. The summed E-state index contributed by atoms with van der Waals surface area (Å²) in [6.45, 7) is 2.12. The predicted octanol–water partition coefficient (Wildman–Crippen LogP) is 1.29. The molecule has 2 aliphatic rings. The van der Waals surface area contributed by atoms with E-state index in [4.69, 9.17) is 10.3 Å². The predicted molar refractivity (Wildman–Crippen MR) is 90.1 cm³/mol. The van der Waals surface area contributed by atoms with E-state index in [0.29, 0.717) is 18.1 Å². The van der Waals surface area contributed by atoms with Crippen LogP contribution in [0.25, 0.3) is 11.5 Å². The molecule has 1 amide bonds. The second-order valence-electron chi connectivity index (χ2n) is 7.21. The number of hydrogen-bond acceptors (Lipinski definition) is 6. The summed E-state index contributed by atoms with van der Waals surface area (Å²) in [5, 5.41) is 16.8. The molecule has 0 bridgehead atoms. The first-order valence-corrected chi connectivity index (χ1v) is 8.60. The highest BCUT2D eigenvalue weighted by atomic mass is 16.5. The summed E-state index contributed by atoms with van der Waals surface area (Å²) in [6, 6.07) is 7.74. The molecule has 25 heavy (non-hydrogen) atoms. The van der Waals surface area contributed by atoms with Gasteiger partial charge in [-0.1, -0.05) is 29.8 Å². The van der Waals surface area contributed by atoms with Crippen LogP contribution in [0.5, 0.6) is 0 Å². The molecule has 0 aliphatic heterocycles. The van der Waals surface area contributed by atoms with Crippen molar-refractivity contribution in [2.75, 3.05) is 0 Å². The summed E-state index contributed by atoms with van der Waals surface area (Å²) in [5.41, 5.74) is 6.80. The van der Waals surface area contributed by atoms with Crippen molar-refractivity contribution < 1.29 is 14.4 Å². The lowest BCUT2D eigenvalue weighted by Gasteiger charge is -2.64. The number of nitrogens with zero attached hydrogens (tertiary/aromatic N) is 2. The van der Waals surface area contributed by atoms with E-state index in [2.05, 4.69) is 15.5 Å². The number of carbonyl (C=O) groups is 1. The maximum atomic E-state index is 12.6. The first-order chi connectivity index (χ1) is 12.0. The number of nitrogens with one attached hydrogen (secondary N) is 1. The van der Waals surface area contributed by atoms with Gasteiger partial charge in [0, 0.05) is 17.4 Å². The molecule has 2 aromatic rings. The number of rotatable bonds is 4. The van der Waals surface area contributed by atoms with Crippen LogP contribution in [0.2, 0.25) is 0 Å². The minimum absolute atomic E-state index is 0.152. The van der Waals surface area contributed by atoms with Gasteiger partial charge in [0.1, 0.15) is 5.54 Å². The molecule has 1 aromatic heterocycles. The average Bonchev–Trinajstić information content (AvgIpc) is 2.99. The fourth-order valence-corrected chi connectivity index (χ4v) is 4.09. The molecule has 4 N–H and O–H groups in total. The minimum Gasteiger partial charge on any atom is -0.392 e. The molecule has 2 aliphatic carbocycles. The van der Waals surface area contributed by atoms with Gasteiger partial charge >= 0.3 is 0 Å². The van der Waals surface area contributed by atoms with Crippen LogP contribution in [-0.4, -0.2) is 32.8 Å². The van der Waals surface area contributed by atoms with Crippen LogP contribution in [0.15, 0.2) is 28.8 Å². The Labute approximate surface area is 145 Å². The number of carbonyl (C=O) groups excluding carboxylic acids is 1. The molecule has 0 unspecified atom stereocenters. The van der Waals surface area contributed by atoms with E-state index in [-0.39, 0.29) is 12.5 Å². The van der Waals surface area contributed by atoms with Crippen molar-refractivity contribution in [2.45, 2.75) is 50.8 Å². The Morgan fingerprint density at radius 1 is 1.44 bits per heavy atom. The summed E-state index contributed by atoms with van der Waals surface area (Å²) < 4.78 is 5.30. The minimum atomic E-state index is -0.993. The van der Waals surface area contributed by atoms with Gasteiger partial charge in [0.15, 0.2) is 5.82 Å². The van der Waals surface area contributed by atoms with E-state index >= 15 is 0 Å². The number of aryl methyl sites for hydroxylation is 1. The zero-order chi connectivity index (χ0) is 17.7. The van der Waals surface area contributed by atoms with Gasteiger partial charge in [-0.25, -0.2) is 0 Å². The Balaban J connectivity index is 1.43. The third-order valence-corrected chi connectivity index (χ3v) is 5.94. The number of nitrogens with two attached hydrogens (primary N) is 1. The van der Waals surface area contributed by atoms with E-state index in [1.807, 2.05) is 31.2 Å². The molecule has 4 rings (SSSR count). The second-order valence-corrected chi connectivity index (χ2v) is 7.21. The fourth-order valence-electron chi connectivity index (χ4n) is 4.09. The van der Waals surface area contributed by atoms with Gasteiger partial charge in [-0.2, -0.15) is 4.98 Å². The van der Waals surface area contributed by atoms with Crippen molar-refractivity contribution in [3.8, 4) is 11.5 Å². The van der Waals surface area contributed by atoms with Crippen molar-refractivity contribution in [1.29, 1.82) is 0 Å². The van der Waals surface area contributed by atoms with Gasteiger partial charge in [0.25, 0.3) is 5.89 Å². The van der Waals surface area contributed by atoms with Crippen molar-refractivity contribution >= 4 is 5.91 Å². The van der Waals surface area contributed by atoms with Crippen LogP contribution in [0.4, 0.5) is 0 Å². The molecule has 7 nitrogen and oxygen atoms in total. The highest BCUT2D eigenvalue weighted by Crippen LogP contribution is 2.60. The highest BCUT2D eigenvalue weighted by molar-refractivity contribution is 5.89. The number of aromatic nitrogens is 2. The van der Waals surface area contributed by atoms with Gasteiger partial charge in [0.2, 0.25) is 5.91 Å². The highest BCUT2D eigenvalue weighted by Gasteiger charge is 2.69. The Kier molecular flexibility index (Phi) is 3.66. The first kappa shape index (κ1) is 16.2. The van der Waals surface area contributed by atoms with Crippen LogP contribution >= 0.6 is 0 Å². The zero-order valence-electron chi connectivity index (χ0n) is 14.2. The maximum Gasteiger partial charge on any atom is 0.258 e. The summed E-state index contributed by atoms with van der Waals surface area (Å²) in [4.78, 5) is 16.9. The van der Waals surface area contributed by atoms with Crippen LogP contribution in [-0.2, 0) is 11.3 Å². The van der Waals surface area contributed by atoms with Crippen molar-refractivity contribution in [3.63, 3.8) is 0 Å². The molecule has 1 aromatic carbocycles. The molecule has 132 valence electrons. The topological polar surface area (TPSA) is 114 Å². The molecule has 0 radical (unpaired) electrons. The van der Waals surface area contributed by atoms with Crippen molar-refractivity contribution in [3.05, 3.63) is 35.7 Å². The van der Waals surface area contributed by atoms with Crippen LogP contribution < -0.4 is 11.1 Å². The summed E-state index contributed by atoms with van der Waals surface area (Å²) in [7, 11) is 0. The molecule has 2 fully saturated rings.